The first kappa shape index (κ1) is 21.8. The summed E-state index contributed by atoms with van der Waals surface area (Å²) in [5, 5.41) is 5.89. The largest absolute Gasteiger partial charge is 0.348 e. The predicted octanol–water partition coefficient (Wildman–Crippen LogP) is 3.60. The highest BCUT2D eigenvalue weighted by molar-refractivity contribution is 6.05. The number of benzene rings is 2. The van der Waals surface area contributed by atoms with Crippen LogP contribution in [0.5, 0.6) is 0 Å². The van der Waals surface area contributed by atoms with Crippen molar-refractivity contribution in [3.05, 3.63) is 95.3 Å². The highest BCUT2D eigenvalue weighted by atomic mass is 16.2. The molecule has 2 aromatic carbocycles. The summed E-state index contributed by atoms with van der Waals surface area (Å²) in [6.07, 6.45) is 4.90. The maximum atomic E-state index is 12.9. The quantitative estimate of drug-likeness (QED) is 0.616. The van der Waals surface area contributed by atoms with Gasteiger partial charge in [-0.2, -0.15) is 0 Å². The SMILES string of the molecule is O=C(NCc1cccnc1)c1ccc2c(c1)[C@@H](C1CCN(C(=O)c3ccccc3)CC1)C(=O)N2. The molecule has 2 aliphatic rings. The van der Waals surface area contributed by atoms with Gasteiger partial charge in [-0.1, -0.05) is 24.3 Å². The lowest BCUT2D eigenvalue weighted by Crippen LogP contribution is -2.40. The third-order valence-electron chi connectivity index (χ3n) is 6.68. The molecule has 172 valence electrons. The fourth-order valence-corrected chi connectivity index (χ4v) is 4.88. The molecule has 3 heterocycles. The molecule has 2 aliphatic heterocycles. The number of carbonyl (C=O) groups is 3. The molecule has 1 fully saturated rings. The van der Waals surface area contributed by atoms with E-state index in [9.17, 15) is 14.4 Å². The number of carbonyl (C=O) groups excluding carboxylic acids is 3. The van der Waals surface area contributed by atoms with Crippen LogP contribution >= 0.6 is 0 Å². The number of pyridine rings is 1. The number of likely N-dealkylation sites (tertiary alicyclic amines) is 1. The van der Waals surface area contributed by atoms with E-state index in [0.717, 1.165) is 29.7 Å². The van der Waals surface area contributed by atoms with E-state index in [4.69, 9.17) is 0 Å². The summed E-state index contributed by atoms with van der Waals surface area (Å²) in [5.41, 5.74) is 3.77. The van der Waals surface area contributed by atoms with Crippen molar-refractivity contribution in [1.29, 1.82) is 0 Å². The number of fused-ring (bicyclic) bond motifs is 1. The minimum Gasteiger partial charge on any atom is -0.348 e. The fraction of sp³-hybridized carbons (Fsp3) is 0.259. The number of hydrogen-bond acceptors (Lipinski definition) is 4. The third-order valence-corrected chi connectivity index (χ3v) is 6.68. The molecule has 0 saturated carbocycles. The molecule has 0 spiro atoms. The summed E-state index contributed by atoms with van der Waals surface area (Å²) in [4.78, 5) is 44.3. The first-order chi connectivity index (χ1) is 16.6. The minimum atomic E-state index is -0.310. The number of aromatic nitrogens is 1. The molecule has 7 nitrogen and oxygen atoms in total. The maximum absolute atomic E-state index is 12.9. The van der Waals surface area contributed by atoms with Crippen molar-refractivity contribution < 1.29 is 14.4 Å². The Morgan fingerprint density at radius 3 is 2.53 bits per heavy atom. The van der Waals surface area contributed by atoms with Gasteiger partial charge >= 0.3 is 0 Å². The monoisotopic (exact) mass is 454 g/mol. The Hall–Kier alpha value is -4.00. The van der Waals surface area contributed by atoms with Crippen LogP contribution in [0.1, 0.15) is 50.6 Å². The highest BCUT2D eigenvalue weighted by Gasteiger charge is 2.39. The molecule has 34 heavy (non-hydrogen) atoms. The lowest BCUT2D eigenvalue weighted by Gasteiger charge is -2.34. The molecule has 0 radical (unpaired) electrons. The topological polar surface area (TPSA) is 91.4 Å². The van der Waals surface area contributed by atoms with Gasteiger partial charge in [0.25, 0.3) is 11.8 Å². The van der Waals surface area contributed by atoms with Crippen LogP contribution in [-0.2, 0) is 11.3 Å². The molecule has 1 saturated heterocycles. The average Bonchev–Trinajstić information content (AvgIpc) is 3.23. The van der Waals surface area contributed by atoms with Gasteiger partial charge in [-0.05, 0) is 66.3 Å². The fourth-order valence-electron chi connectivity index (χ4n) is 4.88. The minimum absolute atomic E-state index is 0.0305. The van der Waals surface area contributed by atoms with Crippen molar-refractivity contribution in [2.24, 2.45) is 5.92 Å². The zero-order chi connectivity index (χ0) is 23.5. The van der Waals surface area contributed by atoms with Crippen LogP contribution in [0.3, 0.4) is 0 Å². The Kier molecular flexibility index (Phi) is 6.08. The summed E-state index contributed by atoms with van der Waals surface area (Å²) >= 11 is 0. The van der Waals surface area contributed by atoms with Gasteiger partial charge in [-0.15, -0.1) is 0 Å². The smallest absolute Gasteiger partial charge is 0.253 e. The number of amides is 3. The van der Waals surface area contributed by atoms with Crippen LogP contribution < -0.4 is 10.6 Å². The zero-order valence-electron chi connectivity index (χ0n) is 18.7. The van der Waals surface area contributed by atoms with E-state index in [1.807, 2.05) is 53.4 Å². The summed E-state index contributed by atoms with van der Waals surface area (Å²) in [6, 6.07) is 18.4. The van der Waals surface area contributed by atoms with E-state index in [1.165, 1.54) is 0 Å². The van der Waals surface area contributed by atoms with Crippen LogP contribution in [-0.4, -0.2) is 40.7 Å². The van der Waals surface area contributed by atoms with Crippen molar-refractivity contribution in [2.45, 2.75) is 25.3 Å². The van der Waals surface area contributed by atoms with Crippen LogP contribution in [0.15, 0.2) is 73.1 Å². The van der Waals surface area contributed by atoms with E-state index in [2.05, 4.69) is 15.6 Å². The van der Waals surface area contributed by atoms with Crippen molar-refractivity contribution in [3.8, 4) is 0 Å². The first-order valence-corrected chi connectivity index (χ1v) is 11.6. The Morgan fingerprint density at radius 1 is 1.00 bits per heavy atom. The maximum Gasteiger partial charge on any atom is 0.253 e. The molecule has 1 aromatic heterocycles. The standard InChI is InChI=1S/C27H26N4O3/c32-25(29-17-18-5-4-12-28-16-18)21-8-9-23-22(15-21)24(26(33)30-23)19-10-13-31(14-11-19)27(34)20-6-2-1-3-7-20/h1-9,12,15-16,19,24H,10-11,13-14,17H2,(H,29,32)(H,30,33)/t24-/m1/s1. The number of piperidine rings is 1. The number of nitrogens with one attached hydrogen (secondary N) is 2. The second-order valence-electron chi connectivity index (χ2n) is 8.81. The molecule has 2 N–H and O–H groups in total. The van der Waals surface area contributed by atoms with E-state index in [1.54, 1.807) is 24.5 Å². The van der Waals surface area contributed by atoms with Crippen LogP contribution in [0.4, 0.5) is 5.69 Å². The number of rotatable bonds is 5. The summed E-state index contributed by atoms with van der Waals surface area (Å²) < 4.78 is 0. The molecule has 3 aromatic rings. The number of nitrogens with zero attached hydrogens (tertiary/aromatic N) is 2. The number of anilines is 1. The molecular weight excluding hydrogens is 428 g/mol. The second kappa shape index (κ2) is 9.47. The van der Waals surface area contributed by atoms with Crippen LogP contribution in [0, 0.1) is 5.92 Å². The van der Waals surface area contributed by atoms with Gasteiger partial charge in [0.2, 0.25) is 5.91 Å². The molecule has 5 rings (SSSR count). The van der Waals surface area contributed by atoms with Crippen molar-refractivity contribution in [1.82, 2.24) is 15.2 Å². The first-order valence-electron chi connectivity index (χ1n) is 11.6. The lowest BCUT2D eigenvalue weighted by molar-refractivity contribution is -0.118. The number of hydrogen-bond donors (Lipinski definition) is 2. The second-order valence-corrected chi connectivity index (χ2v) is 8.81. The average molecular weight is 455 g/mol. The van der Waals surface area contributed by atoms with Gasteiger partial charge < -0.3 is 15.5 Å². The van der Waals surface area contributed by atoms with Gasteiger partial charge in [-0.3, -0.25) is 19.4 Å². The van der Waals surface area contributed by atoms with Crippen LogP contribution in [0.2, 0.25) is 0 Å². The van der Waals surface area contributed by atoms with E-state index in [-0.39, 0.29) is 29.6 Å². The Balaban J connectivity index is 1.26. The summed E-state index contributed by atoms with van der Waals surface area (Å²) in [5.74, 6) is -0.378. The molecule has 3 amide bonds. The van der Waals surface area contributed by atoms with Gasteiger partial charge in [0, 0.05) is 48.8 Å². The normalized spacial score (nSPS) is 17.7. The third kappa shape index (κ3) is 4.41. The van der Waals surface area contributed by atoms with Crippen molar-refractivity contribution in [3.63, 3.8) is 0 Å². The predicted molar refractivity (Wildman–Crippen MR) is 128 cm³/mol. The van der Waals surface area contributed by atoms with E-state index < -0.39 is 0 Å². The Labute approximate surface area is 198 Å². The Bertz CT molecular complexity index is 1210. The van der Waals surface area contributed by atoms with E-state index >= 15 is 0 Å². The summed E-state index contributed by atoms with van der Waals surface area (Å²) in [7, 11) is 0. The van der Waals surface area contributed by atoms with Crippen molar-refractivity contribution >= 4 is 23.4 Å². The zero-order valence-corrected chi connectivity index (χ0v) is 18.7. The Morgan fingerprint density at radius 2 is 1.79 bits per heavy atom. The molecule has 0 aliphatic carbocycles. The van der Waals surface area contributed by atoms with Crippen molar-refractivity contribution in [2.75, 3.05) is 18.4 Å². The molecule has 0 unspecified atom stereocenters. The molecule has 0 bridgehead atoms. The van der Waals surface area contributed by atoms with Gasteiger partial charge in [0.15, 0.2) is 0 Å². The highest BCUT2D eigenvalue weighted by Crippen LogP contribution is 2.42. The van der Waals surface area contributed by atoms with E-state index in [0.29, 0.717) is 30.8 Å². The van der Waals surface area contributed by atoms with Gasteiger partial charge in [0.1, 0.15) is 0 Å². The molecule has 7 heteroatoms. The lowest BCUT2D eigenvalue weighted by atomic mass is 9.80. The van der Waals surface area contributed by atoms with Gasteiger partial charge in [-0.25, -0.2) is 0 Å². The van der Waals surface area contributed by atoms with Gasteiger partial charge in [0.05, 0.1) is 5.92 Å². The molecule has 1 atom stereocenters. The van der Waals surface area contributed by atoms with Crippen LogP contribution in [0.25, 0.3) is 0 Å². The molecular formula is C27H26N4O3. The summed E-state index contributed by atoms with van der Waals surface area (Å²) in [6.45, 7) is 1.61.